The van der Waals surface area contributed by atoms with Crippen LogP contribution in [-0.4, -0.2) is 6.54 Å². The second-order valence-electron chi connectivity index (χ2n) is 5.51. The molecule has 0 aliphatic heterocycles. The molecular formula is C18H24N2. The van der Waals surface area contributed by atoms with Crippen molar-refractivity contribution in [1.82, 2.24) is 5.32 Å². The van der Waals surface area contributed by atoms with Crippen LogP contribution in [0.3, 0.4) is 0 Å². The van der Waals surface area contributed by atoms with Crippen molar-refractivity contribution in [3.05, 3.63) is 70.8 Å². The van der Waals surface area contributed by atoms with Gasteiger partial charge in [0.15, 0.2) is 0 Å². The Labute approximate surface area is 122 Å². The summed E-state index contributed by atoms with van der Waals surface area (Å²) in [5.41, 5.74) is 11.1. The van der Waals surface area contributed by atoms with Gasteiger partial charge in [0, 0.05) is 18.6 Å². The first-order chi connectivity index (χ1) is 9.60. The molecule has 0 heterocycles. The predicted octanol–water partition coefficient (Wildman–Crippen LogP) is 3.65. The molecule has 0 bridgehead atoms. The second-order valence-corrected chi connectivity index (χ2v) is 5.51. The highest BCUT2D eigenvalue weighted by molar-refractivity contribution is 5.31. The number of hydrogen-bond donors (Lipinski definition) is 2. The minimum atomic E-state index is 0.184. The first-order valence-corrected chi connectivity index (χ1v) is 7.19. The van der Waals surface area contributed by atoms with Crippen LogP contribution < -0.4 is 11.1 Å². The van der Waals surface area contributed by atoms with E-state index >= 15 is 0 Å². The monoisotopic (exact) mass is 268 g/mol. The molecule has 106 valence electrons. The number of nitrogens with two attached hydrogens (primary N) is 1. The van der Waals surface area contributed by atoms with Gasteiger partial charge in [-0.2, -0.15) is 0 Å². The molecule has 0 amide bonds. The zero-order valence-electron chi connectivity index (χ0n) is 12.6. The van der Waals surface area contributed by atoms with Crippen LogP contribution >= 0.6 is 0 Å². The van der Waals surface area contributed by atoms with Crippen LogP contribution in [0.15, 0.2) is 48.5 Å². The van der Waals surface area contributed by atoms with Crippen molar-refractivity contribution >= 4 is 0 Å². The Balaban J connectivity index is 2.16. The molecule has 0 saturated carbocycles. The molecule has 2 rings (SSSR count). The smallest absolute Gasteiger partial charge is 0.0449 e. The molecule has 20 heavy (non-hydrogen) atoms. The molecule has 2 atom stereocenters. The Morgan fingerprint density at radius 1 is 0.950 bits per heavy atom. The average molecular weight is 268 g/mol. The highest BCUT2D eigenvalue weighted by atomic mass is 15.0. The third kappa shape index (κ3) is 3.69. The van der Waals surface area contributed by atoms with E-state index in [0.29, 0.717) is 6.54 Å². The lowest BCUT2D eigenvalue weighted by Gasteiger charge is -2.23. The van der Waals surface area contributed by atoms with Gasteiger partial charge in [0.2, 0.25) is 0 Å². The maximum Gasteiger partial charge on any atom is 0.0449 e. The summed E-state index contributed by atoms with van der Waals surface area (Å²) in [4.78, 5) is 0. The summed E-state index contributed by atoms with van der Waals surface area (Å²) in [5, 5.41) is 3.63. The van der Waals surface area contributed by atoms with Gasteiger partial charge in [0.1, 0.15) is 0 Å². The fraction of sp³-hybridized carbons (Fsp3) is 0.333. The Morgan fingerprint density at radius 3 is 2.10 bits per heavy atom. The van der Waals surface area contributed by atoms with E-state index in [1.807, 2.05) is 6.07 Å². The molecular weight excluding hydrogens is 244 g/mol. The molecule has 0 aromatic heterocycles. The SMILES string of the molecule is Cc1cc(C)cc(C(CN)NC(C)c2ccccc2)c1. The fourth-order valence-corrected chi connectivity index (χ4v) is 2.65. The van der Waals surface area contributed by atoms with E-state index in [9.17, 15) is 0 Å². The van der Waals surface area contributed by atoms with Gasteiger partial charge in [-0.1, -0.05) is 59.7 Å². The van der Waals surface area contributed by atoms with Crippen LogP contribution in [0.4, 0.5) is 0 Å². The van der Waals surface area contributed by atoms with E-state index in [1.54, 1.807) is 0 Å². The van der Waals surface area contributed by atoms with Gasteiger partial charge in [-0.25, -0.2) is 0 Å². The second kappa shape index (κ2) is 6.69. The highest BCUT2D eigenvalue weighted by Crippen LogP contribution is 2.21. The van der Waals surface area contributed by atoms with E-state index in [2.05, 4.69) is 68.6 Å². The minimum absolute atomic E-state index is 0.184. The molecule has 0 radical (unpaired) electrons. The van der Waals surface area contributed by atoms with Gasteiger partial charge < -0.3 is 11.1 Å². The standard InChI is InChI=1S/C18H24N2/c1-13-9-14(2)11-17(10-13)18(12-19)20-15(3)16-7-5-4-6-8-16/h4-11,15,18,20H,12,19H2,1-3H3. The molecule has 2 unspecified atom stereocenters. The number of benzene rings is 2. The summed E-state index contributed by atoms with van der Waals surface area (Å²) in [6, 6.07) is 17.6. The molecule has 0 aliphatic rings. The normalized spacial score (nSPS) is 14.0. The number of rotatable bonds is 5. The Morgan fingerprint density at radius 2 is 1.55 bits per heavy atom. The van der Waals surface area contributed by atoms with Crippen molar-refractivity contribution in [3.63, 3.8) is 0 Å². The number of nitrogens with one attached hydrogen (secondary N) is 1. The topological polar surface area (TPSA) is 38.0 Å². The first kappa shape index (κ1) is 14.8. The molecule has 0 fully saturated rings. The summed E-state index contributed by atoms with van der Waals surface area (Å²) in [6.07, 6.45) is 0. The number of aryl methyl sites for hydroxylation is 2. The molecule has 2 aromatic carbocycles. The fourth-order valence-electron chi connectivity index (χ4n) is 2.65. The molecule has 0 saturated heterocycles. The summed E-state index contributed by atoms with van der Waals surface area (Å²) < 4.78 is 0. The highest BCUT2D eigenvalue weighted by Gasteiger charge is 2.14. The van der Waals surface area contributed by atoms with Crippen LogP contribution in [0.25, 0.3) is 0 Å². The molecule has 2 nitrogen and oxygen atoms in total. The quantitative estimate of drug-likeness (QED) is 0.868. The first-order valence-electron chi connectivity index (χ1n) is 7.19. The van der Waals surface area contributed by atoms with Crippen molar-refractivity contribution in [2.24, 2.45) is 5.73 Å². The van der Waals surface area contributed by atoms with Gasteiger partial charge >= 0.3 is 0 Å². The van der Waals surface area contributed by atoms with Crippen molar-refractivity contribution < 1.29 is 0 Å². The minimum Gasteiger partial charge on any atom is -0.329 e. The van der Waals surface area contributed by atoms with Crippen molar-refractivity contribution in [2.45, 2.75) is 32.9 Å². The van der Waals surface area contributed by atoms with Crippen LogP contribution in [-0.2, 0) is 0 Å². The zero-order chi connectivity index (χ0) is 14.5. The van der Waals surface area contributed by atoms with Crippen LogP contribution in [0.1, 0.15) is 41.3 Å². The van der Waals surface area contributed by atoms with Crippen molar-refractivity contribution in [1.29, 1.82) is 0 Å². The van der Waals surface area contributed by atoms with E-state index in [1.165, 1.54) is 22.3 Å². The largest absolute Gasteiger partial charge is 0.329 e. The van der Waals surface area contributed by atoms with E-state index in [0.717, 1.165) is 0 Å². The number of hydrogen-bond acceptors (Lipinski definition) is 2. The summed E-state index contributed by atoms with van der Waals surface area (Å²) in [6.45, 7) is 7.04. The van der Waals surface area contributed by atoms with Crippen LogP contribution in [0.2, 0.25) is 0 Å². The Kier molecular flexibility index (Phi) is 4.94. The third-order valence-corrected chi connectivity index (χ3v) is 3.63. The summed E-state index contributed by atoms with van der Waals surface area (Å²) >= 11 is 0. The van der Waals surface area contributed by atoms with E-state index in [-0.39, 0.29) is 12.1 Å². The Hall–Kier alpha value is -1.64. The summed E-state index contributed by atoms with van der Waals surface area (Å²) in [7, 11) is 0. The molecule has 2 heteroatoms. The van der Waals surface area contributed by atoms with Gasteiger partial charge in [-0.3, -0.25) is 0 Å². The predicted molar refractivity (Wildman–Crippen MR) is 85.7 cm³/mol. The lowest BCUT2D eigenvalue weighted by Crippen LogP contribution is -2.30. The van der Waals surface area contributed by atoms with Crippen LogP contribution in [0, 0.1) is 13.8 Å². The van der Waals surface area contributed by atoms with Gasteiger partial charge in [-0.15, -0.1) is 0 Å². The van der Waals surface area contributed by atoms with Gasteiger partial charge in [-0.05, 0) is 31.9 Å². The van der Waals surface area contributed by atoms with Crippen LogP contribution in [0.5, 0.6) is 0 Å². The van der Waals surface area contributed by atoms with E-state index in [4.69, 9.17) is 5.73 Å². The average Bonchev–Trinajstić information content (AvgIpc) is 2.44. The Bertz CT molecular complexity index is 528. The van der Waals surface area contributed by atoms with Gasteiger partial charge in [0.05, 0.1) is 0 Å². The molecule has 0 spiro atoms. The lowest BCUT2D eigenvalue weighted by atomic mass is 9.99. The molecule has 0 aliphatic carbocycles. The maximum atomic E-state index is 5.97. The molecule has 3 N–H and O–H groups in total. The molecule has 2 aromatic rings. The zero-order valence-corrected chi connectivity index (χ0v) is 12.6. The van der Waals surface area contributed by atoms with E-state index < -0.39 is 0 Å². The third-order valence-electron chi connectivity index (χ3n) is 3.63. The van der Waals surface area contributed by atoms with Crippen molar-refractivity contribution in [2.75, 3.05) is 6.54 Å². The lowest BCUT2D eigenvalue weighted by molar-refractivity contribution is 0.473. The maximum absolute atomic E-state index is 5.97. The summed E-state index contributed by atoms with van der Waals surface area (Å²) in [5.74, 6) is 0. The van der Waals surface area contributed by atoms with Crippen molar-refractivity contribution in [3.8, 4) is 0 Å². The van der Waals surface area contributed by atoms with Gasteiger partial charge in [0.25, 0.3) is 0 Å².